The molecular formula is C16H22N4O3S3. The van der Waals surface area contributed by atoms with E-state index in [1.54, 1.807) is 23.9 Å². The van der Waals surface area contributed by atoms with Gasteiger partial charge < -0.3 is 0 Å². The smallest absolute Gasteiger partial charge is 0.269 e. The van der Waals surface area contributed by atoms with E-state index in [4.69, 9.17) is 0 Å². The number of sulfonamides is 1. The molecule has 0 spiro atoms. The Balaban J connectivity index is 1.98. The third-order valence-corrected chi connectivity index (χ3v) is 7.12. The molecule has 0 aliphatic carbocycles. The summed E-state index contributed by atoms with van der Waals surface area (Å²) in [4.78, 5) is 12.3. The first-order chi connectivity index (χ1) is 12.1. The average molecular weight is 415 g/mol. The Morgan fingerprint density at radius 3 is 2.58 bits per heavy atom. The molecule has 1 amide bonds. The van der Waals surface area contributed by atoms with E-state index in [1.165, 1.54) is 0 Å². The van der Waals surface area contributed by atoms with Gasteiger partial charge in [0.15, 0.2) is 0 Å². The summed E-state index contributed by atoms with van der Waals surface area (Å²) in [5.74, 6) is 0.302. The van der Waals surface area contributed by atoms with Crippen LogP contribution >= 0.6 is 23.1 Å². The number of anilines is 1. The first-order valence-electron chi connectivity index (χ1n) is 7.92. The summed E-state index contributed by atoms with van der Waals surface area (Å²) in [5.41, 5.74) is 1.32. The van der Waals surface area contributed by atoms with E-state index >= 15 is 0 Å². The van der Waals surface area contributed by atoms with E-state index in [2.05, 4.69) is 41.0 Å². The summed E-state index contributed by atoms with van der Waals surface area (Å²) in [6.45, 7) is 8.33. The second-order valence-corrected chi connectivity index (χ2v) is 11.3. The molecule has 0 saturated carbocycles. The zero-order valence-electron chi connectivity index (χ0n) is 15.1. The van der Waals surface area contributed by atoms with Crippen LogP contribution in [0.3, 0.4) is 0 Å². The highest BCUT2D eigenvalue weighted by molar-refractivity contribution is 8.00. The van der Waals surface area contributed by atoms with Crippen LogP contribution in [0.15, 0.2) is 28.6 Å². The van der Waals surface area contributed by atoms with Crippen molar-refractivity contribution >= 4 is 44.2 Å². The third kappa shape index (κ3) is 6.04. The number of nitrogens with one attached hydrogen (secondary N) is 2. The van der Waals surface area contributed by atoms with Crippen molar-refractivity contribution in [2.45, 2.75) is 36.8 Å². The molecule has 2 N–H and O–H groups in total. The number of benzene rings is 1. The average Bonchev–Trinajstić information content (AvgIpc) is 3.00. The maximum absolute atomic E-state index is 12.3. The third-order valence-electron chi connectivity index (χ3n) is 3.18. The molecule has 26 heavy (non-hydrogen) atoms. The van der Waals surface area contributed by atoms with Gasteiger partial charge in [0.1, 0.15) is 0 Å². The highest BCUT2D eigenvalue weighted by Crippen LogP contribution is 2.23. The van der Waals surface area contributed by atoms with Gasteiger partial charge in [0.05, 0.1) is 0 Å². The Morgan fingerprint density at radius 2 is 1.92 bits per heavy atom. The van der Waals surface area contributed by atoms with E-state index in [9.17, 15) is 13.2 Å². The van der Waals surface area contributed by atoms with Crippen molar-refractivity contribution in [1.82, 2.24) is 14.9 Å². The largest absolute Gasteiger partial charge is 0.296 e. The number of carbonyl (C=O) groups is 1. The standard InChI is InChI=1S/C16H22N4O3S3/c1-11-7-5-6-8-12(11)13(21)18-14-19-20-15(25-14)26(22,23)17-9-10-24-16(2,3)4/h5-8,17H,9-10H2,1-4H3,(H,18,19,21). The lowest BCUT2D eigenvalue weighted by Crippen LogP contribution is -2.27. The van der Waals surface area contributed by atoms with Gasteiger partial charge in [0.25, 0.3) is 15.9 Å². The minimum atomic E-state index is -3.74. The van der Waals surface area contributed by atoms with Crippen molar-refractivity contribution in [3.05, 3.63) is 35.4 Å². The van der Waals surface area contributed by atoms with Crippen LogP contribution in [0.4, 0.5) is 5.13 Å². The minimum absolute atomic E-state index is 0.0706. The molecule has 0 saturated heterocycles. The fourth-order valence-electron chi connectivity index (χ4n) is 1.96. The number of aryl methyl sites for hydroxylation is 1. The summed E-state index contributed by atoms with van der Waals surface area (Å²) in [6, 6.07) is 7.12. The van der Waals surface area contributed by atoms with Gasteiger partial charge in [-0.05, 0) is 18.6 Å². The number of amides is 1. The topological polar surface area (TPSA) is 101 Å². The van der Waals surface area contributed by atoms with E-state index in [0.717, 1.165) is 16.9 Å². The van der Waals surface area contributed by atoms with Gasteiger partial charge in [-0.1, -0.05) is 50.3 Å². The summed E-state index contributed by atoms with van der Waals surface area (Å²) in [5, 5.41) is 10.2. The number of hydrogen-bond donors (Lipinski definition) is 2. The lowest BCUT2D eigenvalue weighted by atomic mass is 10.1. The first kappa shape index (κ1) is 20.8. The zero-order chi connectivity index (χ0) is 19.4. The van der Waals surface area contributed by atoms with Crippen LogP contribution in [-0.4, -0.2) is 41.6 Å². The number of thioether (sulfide) groups is 1. The molecule has 0 atom stereocenters. The van der Waals surface area contributed by atoms with Crippen LogP contribution in [-0.2, 0) is 10.0 Å². The molecule has 1 aromatic carbocycles. The molecule has 2 aromatic rings. The van der Waals surface area contributed by atoms with Crippen molar-refractivity contribution < 1.29 is 13.2 Å². The Bertz CT molecular complexity index is 873. The van der Waals surface area contributed by atoms with Crippen LogP contribution in [0, 0.1) is 6.92 Å². The SMILES string of the molecule is Cc1ccccc1C(=O)Nc1nnc(S(=O)(=O)NCCSC(C)(C)C)s1. The fraction of sp³-hybridized carbons (Fsp3) is 0.438. The predicted molar refractivity (Wildman–Crippen MR) is 106 cm³/mol. The molecule has 1 heterocycles. The van der Waals surface area contributed by atoms with Crippen molar-refractivity contribution in [2.24, 2.45) is 0 Å². The van der Waals surface area contributed by atoms with Gasteiger partial charge in [0, 0.05) is 22.6 Å². The monoisotopic (exact) mass is 414 g/mol. The van der Waals surface area contributed by atoms with Crippen LogP contribution in [0.5, 0.6) is 0 Å². The molecule has 0 aliphatic heterocycles. The minimum Gasteiger partial charge on any atom is -0.296 e. The van der Waals surface area contributed by atoms with Gasteiger partial charge in [-0.25, -0.2) is 13.1 Å². The zero-order valence-corrected chi connectivity index (χ0v) is 17.5. The van der Waals surface area contributed by atoms with Crippen molar-refractivity contribution in [3.8, 4) is 0 Å². The van der Waals surface area contributed by atoms with Crippen LogP contribution < -0.4 is 10.0 Å². The number of carbonyl (C=O) groups excluding carboxylic acids is 1. The molecule has 2 rings (SSSR count). The molecule has 0 bridgehead atoms. The Hall–Kier alpha value is -1.49. The number of aromatic nitrogens is 2. The number of nitrogens with zero attached hydrogens (tertiary/aromatic N) is 2. The second kappa shape index (κ2) is 8.47. The summed E-state index contributed by atoms with van der Waals surface area (Å²) >= 11 is 2.49. The lowest BCUT2D eigenvalue weighted by molar-refractivity contribution is 0.102. The fourth-order valence-corrected chi connectivity index (χ4v) is 4.87. The first-order valence-corrected chi connectivity index (χ1v) is 11.2. The highest BCUT2D eigenvalue weighted by atomic mass is 32.2. The van der Waals surface area contributed by atoms with Gasteiger partial charge in [-0.2, -0.15) is 11.8 Å². The Kier molecular flexibility index (Phi) is 6.78. The summed E-state index contributed by atoms with van der Waals surface area (Å²) < 4.78 is 26.9. The van der Waals surface area contributed by atoms with Crippen molar-refractivity contribution in [1.29, 1.82) is 0 Å². The van der Waals surface area contributed by atoms with E-state index < -0.39 is 10.0 Å². The predicted octanol–water partition coefficient (Wildman–Crippen LogP) is 2.91. The van der Waals surface area contributed by atoms with Crippen LogP contribution in [0.25, 0.3) is 0 Å². The quantitative estimate of drug-likeness (QED) is 0.534. The number of rotatable bonds is 7. The highest BCUT2D eigenvalue weighted by Gasteiger charge is 2.21. The van der Waals surface area contributed by atoms with Crippen molar-refractivity contribution in [2.75, 3.05) is 17.6 Å². The normalized spacial score (nSPS) is 12.2. The van der Waals surface area contributed by atoms with Gasteiger partial charge in [-0.15, -0.1) is 10.2 Å². The molecule has 0 unspecified atom stereocenters. The summed E-state index contributed by atoms with van der Waals surface area (Å²) in [6.07, 6.45) is 0. The van der Waals surface area contributed by atoms with Gasteiger partial charge in [0.2, 0.25) is 9.47 Å². The molecule has 142 valence electrons. The van der Waals surface area contributed by atoms with E-state index in [-0.39, 0.29) is 20.1 Å². The van der Waals surface area contributed by atoms with Crippen molar-refractivity contribution in [3.63, 3.8) is 0 Å². The maximum atomic E-state index is 12.3. The van der Waals surface area contributed by atoms with Gasteiger partial charge >= 0.3 is 0 Å². The molecule has 10 heteroatoms. The second-order valence-electron chi connectivity index (χ2n) is 6.50. The van der Waals surface area contributed by atoms with Crippen LogP contribution in [0.1, 0.15) is 36.7 Å². The van der Waals surface area contributed by atoms with E-state index in [1.807, 2.05) is 19.1 Å². The summed E-state index contributed by atoms with van der Waals surface area (Å²) in [7, 11) is -3.74. The van der Waals surface area contributed by atoms with Gasteiger partial charge in [-0.3, -0.25) is 10.1 Å². The molecular weight excluding hydrogens is 392 g/mol. The molecule has 7 nitrogen and oxygen atoms in total. The lowest BCUT2D eigenvalue weighted by Gasteiger charge is -2.17. The Morgan fingerprint density at radius 1 is 1.23 bits per heavy atom. The molecule has 0 fully saturated rings. The molecule has 0 aliphatic rings. The van der Waals surface area contributed by atoms with E-state index in [0.29, 0.717) is 17.9 Å². The maximum Gasteiger partial charge on any atom is 0.269 e. The molecule has 1 aromatic heterocycles. The van der Waals surface area contributed by atoms with Crippen LogP contribution in [0.2, 0.25) is 0 Å². The Labute approximate surface area is 162 Å². The number of hydrogen-bond acceptors (Lipinski definition) is 7. The molecule has 0 radical (unpaired) electrons.